The van der Waals surface area contributed by atoms with E-state index in [-0.39, 0.29) is 24.3 Å². The van der Waals surface area contributed by atoms with Gasteiger partial charge in [-0.3, -0.25) is 14.9 Å². The van der Waals surface area contributed by atoms with E-state index in [2.05, 4.69) is 15.3 Å². The van der Waals surface area contributed by atoms with Crippen molar-refractivity contribution in [1.29, 1.82) is 0 Å². The standard InChI is InChI=1S/C20H20F2N4O2/c1-26(10-18(27)25-20-23-8-13(21)9-24-20)19(28)14-5-4-12(11-2-3-11)6-15(14)16-7-17(16)22/h4-6,8-9,11,16-17H,2-3,7,10H2,1H3,(H,23,24,25,27)/t16-,17+/m0/s1. The quantitative estimate of drug-likeness (QED) is 0.828. The van der Waals surface area contributed by atoms with Crippen molar-refractivity contribution in [3.63, 3.8) is 0 Å². The fourth-order valence-corrected chi connectivity index (χ4v) is 3.27. The van der Waals surface area contributed by atoms with Crippen LogP contribution in [0.2, 0.25) is 0 Å². The summed E-state index contributed by atoms with van der Waals surface area (Å²) in [5.41, 5.74) is 2.32. The van der Waals surface area contributed by atoms with Gasteiger partial charge in [0.2, 0.25) is 11.9 Å². The van der Waals surface area contributed by atoms with Gasteiger partial charge in [0.1, 0.15) is 6.17 Å². The van der Waals surface area contributed by atoms with E-state index in [1.165, 1.54) is 11.9 Å². The van der Waals surface area contributed by atoms with Crippen LogP contribution in [0.25, 0.3) is 0 Å². The third kappa shape index (κ3) is 4.00. The van der Waals surface area contributed by atoms with Gasteiger partial charge in [0.15, 0.2) is 5.82 Å². The maximum Gasteiger partial charge on any atom is 0.254 e. The van der Waals surface area contributed by atoms with Gasteiger partial charge in [0.05, 0.1) is 18.9 Å². The Balaban J connectivity index is 1.45. The second-order valence-electron chi connectivity index (χ2n) is 7.41. The van der Waals surface area contributed by atoms with Crippen molar-refractivity contribution in [2.24, 2.45) is 0 Å². The zero-order valence-electron chi connectivity index (χ0n) is 15.4. The van der Waals surface area contributed by atoms with Gasteiger partial charge in [-0.2, -0.15) is 0 Å². The summed E-state index contributed by atoms with van der Waals surface area (Å²) in [7, 11) is 1.51. The van der Waals surface area contributed by atoms with Gasteiger partial charge in [-0.25, -0.2) is 18.7 Å². The molecule has 1 N–H and O–H groups in total. The summed E-state index contributed by atoms with van der Waals surface area (Å²) >= 11 is 0. The molecule has 2 saturated carbocycles. The minimum absolute atomic E-state index is 0.0417. The van der Waals surface area contributed by atoms with Crippen molar-refractivity contribution in [1.82, 2.24) is 14.9 Å². The lowest BCUT2D eigenvalue weighted by Crippen LogP contribution is -2.35. The number of anilines is 1. The van der Waals surface area contributed by atoms with E-state index in [9.17, 15) is 18.4 Å². The van der Waals surface area contributed by atoms with Crippen LogP contribution in [0.15, 0.2) is 30.6 Å². The number of benzene rings is 1. The number of hydrogen-bond donors (Lipinski definition) is 1. The molecule has 28 heavy (non-hydrogen) atoms. The van der Waals surface area contributed by atoms with Crippen LogP contribution in [0, 0.1) is 5.82 Å². The van der Waals surface area contributed by atoms with E-state index in [0.717, 1.165) is 36.4 Å². The Labute approximate surface area is 161 Å². The molecule has 1 aromatic carbocycles. The molecule has 0 bridgehead atoms. The third-order valence-electron chi connectivity index (χ3n) is 5.07. The lowest BCUT2D eigenvalue weighted by atomic mass is 9.97. The number of hydrogen-bond acceptors (Lipinski definition) is 4. The second-order valence-corrected chi connectivity index (χ2v) is 7.41. The van der Waals surface area contributed by atoms with Gasteiger partial charge in [0, 0.05) is 18.5 Å². The van der Waals surface area contributed by atoms with Gasteiger partial charge >= 0.3 is 0 Å². The molecular formula is C20H20F2N4O2. The molecule has 1 aromatic heterocycles. The van der Waals surface area contributed by atoms with Gasteiger partial charge in [0.25, 0.3) is 5.91 Å². The molecule has 1 heterocycles. The van der Waals surface area contributed by atoms with E-state index < -0.39 is 17.9 Å². The lowest BCUT2D eigenvalue weighted by Gasteiger charge is -2.19. The van der Waals surface area contributed by atoms with Crippen molar-refractivity contribution in [3.05, 3.63) is 53.1 Å². The highest BCUT2D eigenvalue weighted by Crippen LogP contribution is 2.47. The molecule has 2 aliphatic rings. The number of nitrogens with one attached hydrogen (secondary N) is 1. The van der Waals surface area contributed by atoms with Crippen LogP contribution >= 0.6 is 0 Å². The normalized spacial score (nSPS) is 20.5. The van der Waals surface area contributed by atoms with E-state index in [4.69, 9.17) is 0 Å². The number of carbonyl (C=O) groups is 2. The highest BCUT2D eigenvalue weighted by Gasteiger charge is 2.41. The molecule has 0 saturated heterocycles. The maximum atomic E-state index is 13.7. The Morgan fingerprint density at radius 3 is 2.54 bits per heavy atom. The Morgan fingerprint density at radius 1 is 1.25 bits per heavy atom. The van der Waals surface area contributed by atoms with E-state index in [0.29, 0.717) is 17.9 Å². The minimum Gasteiger partial charge on any atom is -0.332 e. The Morgan fingerprint density at radius 2 is 1.93 bits per heavy atom. The van der Waals surface area contributed by atoms with Crippen LogP contribution in [-0.2, 0) is 4.79 Å². The van der Waals surface area contributed by atoms with Gasteiger partial charge < -0.3 is 4.90 Å². The number of nitrogens with zero attached hydrogens (tertiary/aromatic N) is 3. The number of carbonyl (C=O) groups excluding carboxylic acids is 2. The van der Waals surface area contributed by atoms with Crippen LogP contribution in [0.3, 0.4) is 0 Å². The first-order valence-electron chi connectivity index (χ1n) is 9.23. The predicted molar refractivity (Wildman–Crippen MR) is 98.3 cm³/mol. The summed E-state index contributed by atoms with van der Waals surface area (Å²) in [6.07, 6.45) is 3.65. The first-order valence-corrected chi connectivity index (χ1v) is 9.23. The van der Waals surface area contributed by atoms with Crippen LogP contribution in [0.5, 0.6) is 0 Å². The highest BCUT2D eigenvalue weighted by atomic mass is 19.1. The lowest BCUT2D eigenvalue weighted by molar-refractivity contribution is -0.116. The minimum atomic E-state index is -0.912. The molecule has 0 aliphatic heterocycles. The average Bonchev–Trinajstić information content (AvgIpc) is 3.59. The molecule has 0 unspecified atom stereocenters. The maximum absolute atomic E-state index is 13.7. The Hall–Kier alpha value is -2.90. The fourth-order valence-electron chi connectivity index (χ4n) is 3.27. The number of rotatable bonds is 6. The van der Waals surface area contributed by atoms with E-state index >= 15 is 0 Å². The summed E-state index contributed by atoms with van der Waals surface area (Å²) < 4.78 is 26.5. The van der Waals surface area contributed by atoms with Gasteiger partial charge in [-0.15, -0.1) is 0 Å². The summed E-state index contributed by atoms with van der Waals surface area (Å²) in [6.45, 7) is -0.229. The van der Waals surface area contributed by atoms with Crippen molar-refractivity contribution in [2.75, 3.05) is 18.9 Å². The zero-order valence-corrected chi connectivity index (χ0v) is 15.4. The third-order valence-corrected chi connectivity index (χ3v) is 5.07. The highest BCUT2D eigenvalue weighted by molar-refractivity contribution is 5.99. The summed E-state index contributed by atoms with van der Waals surface area (Å²) in [5, 5.41) is 2.41. The SMILES string of the molecule is CN(CC(=O)Nc1ncc(F)cn1)C(=O)c1ccc(C2CC2)cc1[C@@H]1C[C@H]1F. The average molecular weight is 386 g/mol. The first-order chi connectivity index (χ1) is 13.4. The van der Waals surface area contributed by atoms with Crippen LogP contribution in [0.4, 0.5) is 14.7 Å². The topological polar surface area (TPSA) is 75.2 Å². The van der Waals surface area contributed by atoms with Crippen LogP contribution < -0.4 is 5.32 Å². The molecular weight excluding hydrogens is 366 g/mol. The Bertz CT molecular complexity index is 915. The molecule has 2 amide bonds. The number of halogens is 2. The second kappa shape index (κ2) is 7.26. The molecule has 2 aliphatic carbocycles. The molecule has 146 valence electrons. The molecule has 0 spiro atoms. The van der Waals surface area contributed by atoms with Crippen molar-refractivity contribution >= 4 is 17.8 Å². The number of aromatic nitrogens is 2. The molecule has 6 nitrogen and oxygen atoms in total. The van der Waals surface area contributed by atoms with Gasteiger partial charge in [-0.05, 0) is 42.4 Å². The zero-order chi connectivity index (χ0) is 19.8. The molecule has 2 atom stereocenters. The molecule has 2 aromatic rings. The van der Waals surface area contributed by atoms with E-state index in [1.807, 2.05) is 12.1 Å². The smallest absolute Gasteiger partial charge is 0.254 e. The number of amides is 2. The summed E-state index contributed by atoms with van der Waals surface area (Å²) in [4.78, 5) is 33.6. The fraction of sp³-hybridized carbons (Fsp3) is 0.400. The van der Waals surface area contributed by atoms with Crippen molar-refractivity contribution in [3.8, 4) is 0 Å². The van der Waals surface area contributed by atoms with Crippen LogP contribution in [0.1, 0.15) is 52.6 Å². The Kier molecular flexibility index (Phi) is 4.78. The summed E-state index contributed by atoms with van der Waals surface area (Å²) in [6, 6.07) is 5.62. The van der Waals surface area contributed by atoms with Gasteiger partial charge in [-0.1, -0.05) is 12.1 Å². The van der Waals surface area contributed by atoms with Crippen molar-refractivity contribution in [2.45, 2.75) is 37.3 Å². The summed E-state index contributed by atoms with van der Waals surface area (Å²) in [5.74, 6) is -1.23. The van der Waals surface area contributed by atoms with Crippen molar-refractivity contribution < 1.29 is 18.4 Å². The number of likely N-dealkylation sites (N-methyl/N-ethyl adjacent to an activating group) is 1. The van der Waals surface area contributed by atoms with E-state index in [1.54, 1.807) is 6.07 Å². The van der Waals surface area contributed by atoms with Crippen LogP contribution in [-0.4, -0.2) is 46.4 Å². The molecule has 8 heteroatoms. The molecule has 0 radical (unpaired) electrons. The largest absolute Gasteiger partial charge is 0.332 e. The predicted octanol–water partition coefficient (Wildman–Crippen LogP) is 3.03. The molecule has 4 rings (SSSR count). The monoisotopic (exact) mass is 386 g/mol. The molecule has 2 fully saturated rings. The number of alkyl halides is 1. The first kappa shape index (κ1) is 18.5.